The number of carbonyl (C=O) groups excluding carboxylic acids is 1. The van der Waals surface area contributed by atoms with Gasteiger partial charge in [0.25, 0.3) is 0 Å². The molecule has 0 saturated heterocycles. The molecule has 1 N–H and O–H groups in total. The quantitative estimate of drug-likeness (QED) is 0.639. The van der Waals surface area contributed by atoms with E-state index >= 15 is 0 Å². The van der Waals surface area contributed by atoms with Crippen LogP contribution in [0, 0.1) is 5.92 Å². The fraction of sp³-hybridized carbons (Fsp3) is 0.632. The summed E-state index contributed by atoms with van der Waals surface area (Å²) in [6.07, 6.45) is 10.6. The lowest BCUT2D eigenvalue weighted by molar-refractivity contribution is -0.119. The van der Waals surface area contributed by atoms with Crippen molar-refractivity contribution in [2.24, 2.45) is 5.92 Å². The Morgan fingerprint density at radius 1 is 1.18 bits per heavy atom. The van der Waals surface area contributed by atoms with Crippen molar-refractivity contribution in [2.75, 3.05) is 11.9 Å². The van der Waals surface area contributed by atoms with Gasteiger partial charge >= 0.3 is 0 Å². The SMILES string of the molecule is CCCCCCCOc1cccc(NC(=O)C2CCCC2)c1. The maximum atomic E-state index is 12.1. The molecule has 2 rings (SSSR count). The van der Waals surface area contributed by atoms with Gasteiger partial charge in [0.1, 0.15) is 5.75 Å². The zero-order valence-corrected chi connectivity index (χ0v) is 13.8. The Labute approximate surface area is 134 Å². The summed E-state index contributed by atoms with van der Waals surface area (Å²) in [4.78, 5) is 12.1. The first-order valence-corrected chi connectivity index (χ1v) is 8.83. The van der Waals surface area contributed by atoms with Crippen molar-refractivity contribution >= 4 is 11.6 Å². The van der Waals surface area contributed by atoms with E-state index in [1.807, 2.05) is 24.3 Å². The van der Waals surface area contributed by atoms with Crippen LogP contribution >= 0.6 is 0 Å². The average molecular weight is 303 g/mol. The summed E-state index contributed by atoms with van der Waals surface area (Å²) in [5, 5.41) is 3.02. The second-order valence-corrected chi connectivity index (χ2v) is 6.26. The highest BCUT2D eigenvalue weighted by molar-refractivity contribution is 5.92. The van der Waals surface area contributed by atoms with Crippen molar-refractivity contribution < 1.29 is 9.53 Å². The number of anilines is 1. The molecule has 0 aromatic heterocycles. The molecule has 1 aliphatic rings. The molecular weight excluding hydrogens is 274 g/mol. The molecule has 0 atom stereocenters. The number of nitrogens with one attached hydrogen (secondary N) is 1. The van der Waals surface area contributed by atoms with E-state index in [-0.39, 0.29) is 11.8 Å². The molecule has 1 amide bonds. The number of benzene rings is 1. The van der Waals surface area contributed by atoms with Crippen LogP contribution < -0.4 is 10.1 Å². The van der Waals surface area contributed by atoms with E-state index in [0.29, 0.717) is 0 Å². The van der Waals surface area contributed by atoms with Gasteiger partial charge < -0.3 is 10.1 Å². The lowest BCUT2D eigenvalue weighted by atomic mass is 10.1. The van der Waals surface area contributed by atoms with Crippen LogP contribution in [-0.2, 0) is 4.79 Å². The fourth-order valence-electron chi connectivity index (χ4n) is 2.99. The van der Waals surface area contributed by atoms with Crippen molar-refractivity contribution in [2.45, 2.75) is 64.7 Å². The highest BCUT2D eigenvalue weighted by Gasteiger charge is 2.22. The van der Waals surface area contributed by atoms with Crippen molar-refractivity contribution in [3.8, 4) is 5.75 Å². The highest BCUT2D eigenvalue weighted by atomic mass is 16.5. The van der Waals surface area contributed by atoms with Gasteiger partial charge in [0.2, 0.25) is 5.91 Å². The number of ether oxygens (including phenoxy) is 1. The highest BCUT2D eigenvalue weighted by Crippen LogP contribution is 2.26. The first-order chi connectivity index (χ1) is 10.8. The summed E-state index contributed by atoms with van der Waals surface area (Å²) in [6, 6.07) is 7.76. The fourth-order valence-corrected chi connectivity index (χ4v) is 2.99. The lowest BCUT2D eigenvalue weighted by Crippen LogP contribution is -2.20. The molecule has 1 aromatic carbocycles. The molecule has 0 unspecified atom stereocenters. The molecule has 1 saturated carbocycles. The predicted octanol–water partition coefficient (Wildman–Crippen LogP) is 5.16. The third-order valence-electron chi connectivity index (χ3n) is 4.34. The van der Waals surface area contributed by atoms with Gasteiger partial charge in [0.05, 0.1) is 6.61 Å². The van der Waals surface area contributed by atoms with E-state index in [4.69, 9.17) is 4.74 Å². The van der Waals surface area contributed by atoms with Crippen LogP contribution in [-0.4, -0.2) is 12.5 Å². The number of carbonyl (C=O) groups is 1. The van der Waals surface area contributed by atoms with Crippen molar-refractivity contribution in [3.63, 3.8) is 0 Å². The maximum Gasteiger partial charge on any atom is 0.227 e. The molecule has 1 aromatic rings. The molecule has 22 heavy (non-hydrogen) atoms. The normalized spacial score (nSPS) is 15.0. The van der Waals surface area contributed by atoms with Gasteiger partial charge in [-0.25, -0.2) is 0 Å². The van der Waals surface area contributed by atoms with Crippen molar-refractivity contribution in [1.29, 1.82) is 0 Å². The van der Waals surface area contributed by atoms with Gasteiger partial charge in [0, 0.05) is 17.7 Å². The van der Waals surface area contributed by atoms with E-state index in [1.165, 1.54) is 38.5 Å². The third-order valence-corrected chi connectivity index (χ3v) is 4.34. The van der Waals surface area contributed by atoms with Crippen LogP contribution in [0.2, 0.25) is 0 Å². The number of unbranched alkanes of at least 4 members (excludes halogenated alkanes) is 4. The second-order valence-electron chi connectivity index (χ2n) is 6.26. The van der Waals surface area contributed by atoms with Crippen LogP contribution in [0.1, 0.15) is 64.7 Å². The molecule has 0 radical (unpaired) electrons. The summed E-state index contributed by atoms with van der Waals surface area (Å²) in [7, 11) is 0. The molecule has 1 aliphatic carbocycles. The Hall–Kier alpha value is -1.51. The lowest BCUT2D eigenvalue weighted by Gasteiger charge is -2.12. The van der Waals surface area contributed by atoms with Gasteiger partial charge in [-0.05, 0) is 31.4 Å². The van der Waals surface area contributed by atoms with Crippen molar-refractivity contribution in [1.82, 2.24) is 0 Å². The first-order valence-electron chi connectivity index (χ1n) is 8.83. The van der Waals surface area contributed by atoms with Gasteiger partial charge in [-0.15, -0.1) is 0 Å². The molecular formula is C19H29NO2. The predicted molar refractivity (Wildman–Crippen MR) is 91.3 cm³/mol. The van der Waals surface area contributed by atoms with E-state index in [0.717, 1.165) is 37.3 Å². The van der Waals surface area contributed by atoms with Crippen LogP contribution in [0.5, 0.6) is 5.75 Å². The van der Waals surface area contributed by atoms with Crippen molar-refractivity contribution in [3.05, 3.63) is 24.3 Å². The smallest absolute Gasteiger partial charge is 0.227 e. The average Bonchev–Trinajstić information content (AvgIpc) is 3.06. The summed E-state index contributed by atoms with van der Waals surface area (Å²) < 4.78 is 5.78. The minimum Gasteiger partial charge on any atom is -0.494 e. The molecule has 122 valence electrons. The summed E-state index contributed by atoms with van der Waals surface area (Å²) in [5.74, 6) is 1.21. The summed E-state index contributed by atoms with van der Waals surface area (Å²) in [6.45, 7) is 2.98. The molecule has 0 aliphatic heterocycles. The first kappa shape index (κ1) is 16.9. The number of hydrogen-bond acceptors (Lipinski definition) is 2. The molecule has 3 nitrogen and oxygen atoms in total. The van der Waals surface area contributed by atoms with Gasteiger partial charge in [-0.1, -0.05) is 51.5 Å². The van der Waals surface area contributed by atoms with Crippen LogP contribution in [0.3, 0.4) is 0 Å². The third kappa shape index (κ3) is 5.70. The Bertz CT molecular complexity index is 453. The Morgan fingerprint density at radius 3 is 2.73 bits per heavy atom. The van der Waals surface area contributed by atoms with Crippen LogP contribution in [0.4, 0.5) is 5.69 Å². The van der Waals surface area contributed by atoms with E-state index in [1.54, 1.807) is 0 Å². The van der Waals surface area contributed by atoms with Gasteiger partial charge in [0.15, 0.2) is 0 Å². The largest absolute Gasteiger partial charge is 0.494 e. The monoisotopic (exact) mass is 303 g/mol. The number of hydrogen-bond donors (Lipinski definition) is 1. The van der Waals surface area contributed by atoms with Crippen LogP contribution in [0.15, 0.2) is 24.3 Å². The number of amides is 1. The van der Waals surface area contributed by atoms with E-state index in [9.17, 15) is 4.79 Å². The Morgan fingerprint density at radius 2 is 1.95 bits per heavy atom. The maximum absolute atomic E-state index is 12.1. The summed E-state index contributed by atoms with van der Waals surface area (Å²) >= 11 is 0. The Kier molecular flexibility index (Phi) is 7.27. The van der Waals surface area contributed by atoms with Gasteiger partial charge in [-0.3, -0.25) is 4.79 Å². The standard InChI is InChI=1S/C19H29NO2/c1-2-3-4-5-8-14-22-18-13-9-12-17(15-18)20-19(21)16-10-6-7-11-16/h9,12-13,15-16H,2-8,10-11,14H2,1H3,(H,20,21). The summed E-state index contributed by atoms with van der Waals surface area (Å²) in [5.41, 5.74) is 0.848. The molecule has 0 bridgehead atoms. The zero-order chi connectivity index (χ0) is 15.6. The minimum atomic E-state index is 0.161. The topological polar surface area (TPSA) is 38.3 Å². The molecule has 3 heteroatoms. The molecule has 1 fully saturated rings. The van der Waals surface area contributed by atoms with E-state index in [2.05, 4.69) is 12.2 Å². The van der Waals surface area contributed by atoms with E-state index < -0.39 is 0 Å². The zero-order valence-electron chi connectivity index (χ0n) is 13.8. The minimum absolute atomic E-state index is 0.161. The second kappa shape index (κ2) is 9.50. The van der Waals surface area contributed by atoms with Gasteiger partial charge in [-0.2, -0.15) is 0 Å². The number of rotatable bonds is 9. The van der Waals surface area contributed by atoms with Crippen LogP contribution in [0.25, 0.3) is 0 Å². The Balaban J connectivity index is 1.73. The molecule has 0 spiro atoms. The molecule has 0 heterocycles.